The Morgan fingerprint density at radius 2 is 2.06 bits per heavy atom. The highest BCUT2D eigenvalue weighted by Crippen LogP contribution is 2.24. The molecule has 0 atom stereocenters. The second-order valence-corrected chi connectivity index (χ2v) is 4.87. The Labute approximate surface area is 101 Å². The second kappa shape index (κ2) is 5.65. The molecule has 1 aliphatic rings. The van der Waals surface area contributed by atoms with Gasteiger partial charge in [-0.05, 0) is 36.9 Å². The molecule has 3 heteroatoms. The SMILES string of the molecule is Fc1cccc(CNCC2CCCC2)c1Cl. The van der Waals surface area contributed by atoms with E-state index in [1.54, 1.807) is 6.07 Å². The van der Waals surface area contributed by atoms with Gasteiger partial charge in [-0.15, -0.1) is 0 Å². The molecule has 0 spiro atoms. The number of hydrogen-bond donors (Lipinski definition) is 1. The van der Waals surface area contributed by atoms with Gasteiger partial charge in [0, 0.05) is 6.54 Å². The first-order valence-electron chi connectivity index (χ1n) is 5.91. The number of rotatable bonds is 4. The highest BCUT2D eigenvalue weighted by Gasteiger charge is 2.14. The Morgan fingerprint density at radius 1 is 1.31 bits per heavy atom. The summed E-state index contributed by atoms with van der Waals surface area (Å²) >= 11 is 5.87. The Morgan fingerprint density at radius 3 is 2.81 bits per heavy atom. The van der Waals surface area contributed by atoms with Crippen molar-refractivity contribution in [1.29, 1.82) is 0 Å². The maximum Gasteiger partial charge on any atom is 0.142 e. The minimum absolute atomic E-state index is 0.251. The number of halogens is 2. The van der Waals surface area contributed by atoms with Gasteiger partial charge in [0.05, 0.1) is 5.02 Å². The van der Waals surface area contributed by atoms with Crippen molar-refractivity contribution in [3.05, 3.63) is 34.6 Å². The van der Waals surface area contributed by atoms with E-state index >= 15 is 0 Å². The summed E-state index contributed by atoms with van der Waals surface area (Å²) in [6.45, 7) is 1.68. The molecule has 16 heavy (non-hydrogen) atoms. The first kappa shape index (κ1) is 11.9. The van der Waals surface area contributed by atoms with Crippen molar-refractivity contribution in [2.24, 2.45) is 5.92 Å². The highest BCUT2D eigenvalue weighted by molar-refractivity contribution is 6.31. The Kier molecular flexibility index (Phi) is 4.19. The summed E-state index contributed by atoms with van der Waals surface area (Å²) in [4.78, 5) is 0. The average molecular weight is 242 g/mol. The molecule has 0 radical (unpaired) electrons. The number of hydrogen-bond acceptors (Lipinski definition) is 1. The molecule has 1 aromatic rings. The molecule has 1 N–H and O–H groups in total. The van der Waals surface area contributed by atoms with Crippen LogP contribution in [0.2, 0.25) is 5.02 Å². The Balaban J connectivity index is 1.82. The quantitative estimate of drug-likeness (QED) is 0.847. The van der Waals surface area contributed by atoms with Crippen LogP contribution in [0.1, 0.15) is 31.2 Å². The smallest absolute Gasteiger partial charge is 0.142 e. The van der Waals surface area contributed by atoms with E-state index in [0.717, 1.165) is 18.0 Å². The van der Waals surface area contributed by atoms with Gasteiger partial charge in [0.15, 0.2) is 0 Å². The fourth-order valence-corrected chi connectivity index (χ4v) is 2.50. The van der Waals surface area contributed by atoms with Gasteiger partial charge in [0.1, 0.15) is 5.82 Å². The van der Waals surface area contributed by atoms with E-state index in [-0.39, 0.29) is 10.8 Å². The summed E-state index contributed by atoms with van der Waals surface area (Å²) < 4.78 is 13.1. The molecule has 0 aliphatic heterocycles. The Bertz CT molecular complexity index is 348. The molecular weight excluding hydrogens is 225 g/mol. The fraction of sp³-hybridized carbons (Fsp3) is 0.538. The average Bonchev–Trinajstić information content (AvgIpc) is 2.77. The predicted octanol–water partition coefficient (Wildman–Crippen LogP) is 3.76. The normalized spacial score (nSPS) is 16.9. The summed E-state index contributed by atoms with van der Waals surface area (Å²) in [5, 5.41) is 3.61. The molecule has 1 saturated carbocycles. The van der Waals surface area contributed by atoms with E-state index in [4.69, 9.17) is 11.6 Å². The van der Waals surface area contributed by atoms with Crippen LogP contribution in [0.4, 0.5) is 4.39 Å². The first-order chi connectivity index (χ1) is 7.77. The molecule has 88 valence electrons. The van der Waals surface area contributed by atoms with E-state index in [0.29, 0.717) is 6.54 Å². The van der Waals surface area contributed by atoms with Crippen LogP contribution in [0.3, 0.4) is 0 Å². The molecule has 0 saturated heterocycles. The lowest BCUT2D eigenvalue weighted by Gasteiger charge is -2.11. The molecule has 0 amide bonds. The minimum atomic E-state index is -0.332. The molecule has 0 unspecified atom stereocenters. The summed E-state index contributed by atoms with van der Waals surface area (Å²) in [5.74, 6) is 0.467. The zero-order chi connectivity index (χ0) is 11.4. The van der Waals surface area contributed by atoms with Gasteiger partial charge in [-0.3, -0.25) is 0 Å². The van der Waals surface area contributed by atoms with Crippen LogP contribution in [0.15, 0.2) is 18.2 Å². The highest BCUT2D eigenvalue weighted by atomic mass is 35.5. The van der Waals surface area contributed by atoms with Crippen LogP contribution in [0.5, 0.6) is 0 Å². The number of benzene rings is 1. The predicted molar refractivity (Wildman–Crippen MR) is 65.1 cm³/mol. The molecule has 1 aliphatic carbocycles. The molecular formula is C13H17ClFN. The van der Waals surface area contributed by atoms with Crippen LogP contribution < -0.4 is 5.32 Å². The van der Waals surface area contributed by atoms with Crippen molar-refractivity contribution in [3.63, 3.8) is 0 Å². The second-order valence-electron chi connectivity index (χ2n) is 4.49. The van der Waals surface area contributed by atoms with E-state index < -0.39 is 0 Å². The van der Waals surface area contributed by atoms with Gasteiger partial charge in [0.25, 0.3) is 0 Å². The van der Waals surface area contributed by atoms with E-state index in [1.807, 2.05) is 6.07 Å². The Hall–Kier alpha value is -0.600. The van der Waals surface area contributed by atoms with Gasteiger partial charge in [-0.1, -0.05) is 36.6 Å². The summed E-state index contributed by atoms with van der Waals surface area (Å²) in [6.07, 6.45) is 5.36. The summed E-state index contributed by atoms with van der Waals surface area (Å²) in [5.41, 5.74) is 0.847. The lowest BCUT2D eigenvalue weighted by Crippen LogP contribution is -2.20. The standard InChI is InChI=1S/C13H17ClFN/c14-13-11(6-3-7-12(13)15)9-16-8-10-4-1-2-5-10/h3,6-7,10,16H,1-2,4-5,8-9H2. The molecule has 1 fully saturated rings. The fourth-order valence-electron chi connectivity index (χ4n) is 2.31. The minimum Gasteiger partial charge on any atom is -0.312 e. The van der Waals surface area contributed by atoms with Crippen molar-refractivity contribution in [1.82, 2.24) is 5.32 Å². The molecule has 0 aromatic heterocycles. The largest absolute Gasteiger partial charge is 0.312 e. The van der Waals surface area contributed by atoms with Crippen LogP contribution in [-0.4, -0.2) is 6.54 Å². The van der Waals surface area contributed by atoms with Crippen molar-refractivity contribution in [2.75, 3.05) is 6.54 Å². The molecule has 1 aromatic carbocycles. The lowest BCUT2D eigenvalue weighted by molar-refractivity contribution is 0.488. The van der Waals surface area contributed by atoms with Gasteiger partial charge >= 0.3 is 0 Å². The third-order valence-electron chi connectivity index (χ3n) is 3.25. The van der Waals surface area contributed by atoms with E-state index in [2.05, 4.69) is 5.32 Å². The maximum absolute atomic E-state index is 13.1. The van der Waals surface area contributed by atoms with Crippen molar-refractivity contribution < 1.29 is 4.39 Å². The zero-order valence-electron chi connectivity index (χ0n) is 9.31. The third-order valence-corrected chi connectivity index (χ3v) is 3.68. The van der Waals surface area contributed by atoms with Gasteiger partial charge in [-0.2, -0.15) is 0 Å². The summed E-state index contributed by atoms with van der Waals surface area (Å²) in [7, 11) is 0. The maximum atomic E-state index is 13.1. The first-order valence-corrected chi connectivity index (χ1v) is 6.29. The molecule has 1 nitrogen and oxygen atoms in total. The molecule has 0 bridgehead atoms. The molecule has 0 heterocycles. The third kappa shape index (κ3) is 2.96. The van der Waals surface area contributed by atoms with Gasteiger partial charge < -0.3 is 5.32 Å². The van der Waals surface area contributed by atoms with Crippen LogP contribution in [-0.2, 0) is 6.54 Å². The monoisotopic (exact) mass is 241 g/mol. The van der Waals surface area contributed by atoms with Crippen LogP contribution >= 0.6 is 11.6 Å². The molecule has 2 rings (SSSR count). The van der Waals surface area contributed by atoms with Crippen LogP contribution in [0.25, 0.3) is 0 Å². The van der Waals surface area contributed by atoms with Crippen LogP contribution in [0, 0.1) is 11.7 Å². The topological polar surface area (TPSA) is 12.0 Å². The van der Waals surface area contributed by atoms with Crippen molar-refractivity contribution >= 4 is 11.6 Å². The summed E-state index contributed by atoms with van der Waals surface area (Å²) in [6, 6.07) is 4.96. The van der Waals surface area contributed by atoms with Gasteiger partial charge in [0.2, 0.25) is 0 Å². The van der Waals surface area contributed by atoms with E-state index in [9.17, 15) is 4.39 Å². The lowest BCUT2D eigenvalue weighted by atomic mass is 10.1. The van der Waals surface area contributed by atoms with E-state index in [1.165, 1.54) is 31.7 Å². The van der Waals surface area contributed by atoms with Crippen molar-refractivity contribution in [2.45, 2.75) is 32.2 Å². The zero-order valence-corrected chi connectivity index (χ0v) is 10.1. The van der Waals surface area contributed by atoms with Crippen molar-refractivity contribution in [3.8, 4) is 0 Å². The number of nitrogens with one attached hydrogen (secondary N) is 1. The van der Waals surface area contributed by atoms with Gasteiger partial charge in [-0.25, -0.2) is 4.39 Å².